The topological polar surface area (TPSA) is 17.1 Å². The minimum absolute atomic E-state index is 0.165. The lowest BCUT2D eigenvalue weighted by atomic mass is 9.66. The van der Waals surface area contributed by atoms with Crippen LogP contribution >= 0.6 is 11.6 Å². The first-order chi connectivity index (χ1) is 7.35. The molecule has 92 valence electrons. The number of hydrogen-bond acceptors (Lipinski definition) is 1. The van der Waals surface area contributed by atoms with Gasteiger partial charge in [0.2, 0.25) is 0 Å². The maximum absolute atomic E-state index is 12.2. The second-order valence-electron chi connectivity index (χ2n) is 5.73. The van der Waals surface area contributed by atoms with E-state index in [9.17, 15) is 4.79 Å². The summed E-state index contributed by atoms with van der Waals surface area (Å²) >= 11 is 5.84. The van der Waals surface area contributed by atoms with Crippen molar-refractivity contribution in [1.82, 2.24) is 0 Å². The van der Waals surface area contributed by atoms with Crippen molar-refractivity contribution in [2.24, 2.45) is 17.3 Å². The molecule has 0 saturated heterocycles. The zero-order valence-corrected chi connectivity index (χ0v) is 11.6. The van der Waals surface area contributed by atoms with Gasteiger partial charge >= 0.3 is 0 Å². The molecule has 0 radical (unpaired) electrons. The molecule has 1 nitrogen and oxygen atoms in total. The Morgan fingerprint density at radius 2 is 2.25 bits per heavy atom. The fraction of sp³-hybridized carbons (Fsp3) is 0.786. The van der Waals surface area contributed by atoms with Crippen molar-refractivity contribution in [3.05, 3.63) is 11.1 Å². The molecule has 0 heterocycles. The van der Waals surface area contributed by atoms with E-state index in [0.717, 1.165) is 24.3 Å². The number of halogens is 1. The third kappa shape index (κ3) is 3.35. The molecule has 1 fully saturated rings. The lowest BCUT2D eigenvalue weighted by Gasteiger charge is -2.36. The molecule has 2 heteroatoms. The highest BCUT2D eigenvalue weighted by atomic mass is 35.5. The first-order valence-corrected chi connectivity index (χ1v) is 6.58. The van der Waals surface area contributed by atoms with Crippen molar-refractivity contribution in [1.29, 1.82) is 0 Å². The molecule has 0 N–H and O–H groups in total. The van der Waals surface area contributed by atoms with Crippen molar-refractivity contribution in [3.63, 3.8) is 0 Å². The summed E-state index contributed by atoms with van der Waals surface area (Å²) < 4.78 is 0. The van der Waals surface area contributed by atoms with Gasteiger partial charge in [0, 0.05) is 16.9 Å². The van der Waals surface area contributed by atoms with Gasteiger partial charge in [-0.2, -0.15) is 0 Å². The zero-order valence-electron chi connectivity index (χ0n) is 10.8. The Hall–Kier alpha value is -0.300. The van der Waals surface area contributed by atoms with Crippen molar-refractivity contribution in [2.75, 3.05) is 0 Å². The molecule has 0 aromatic heterocycles. The number of rotatable bonds is 3. The van der Waals surface area contributed by atoms with Crippen LogP contribution < -0.4 is 0 Å². The Morgan fingerprint density at radius 3 is 2.69 bits per heavy atom. The van der Waals surface area contributed by atoms with E-state index in [1.54, 1.807) is 0 Å². The molecule has 1 aliphatic rings. The lowest BCUT2D eigenvalue weighted by Crippen LogP contribution is -2.35. The number of hydrogen-bond donors (Lipinski definition) is 0. The zero-order chi connectivity index (χ0) is 12.3. The van der Waals surface area contributed by atoms with Crippen LogP contribution in [0.5, 0.6) is 0 Å². The molecule has 0 aliphatic heterocycles. The van der Waals surface area contributed by atoms with Crippen molar-refractivity contribution < 1.29 is 4.79 Å². The van der Waals surface area contributed by atoms with Gasteiger partial charge in [0.25, 0.3) is 0 Å². The molecule has 0 aromatic rings. The Bertz CT molecular complexity index is 289. The van der Waals surface area contributed by atoms with Gasteiger partial charge in [0.1, 0.15) is 5.78 Å². The van der Waals surface area contributed by atoms with Crippen molar-refractivity contribution >= 4 is 17.4 Å². The van der Waals surface area contributed by atoms with Crippen LogP contribution in [0.15, 0.2) is 11.1 Å². The second-order valence-corrected chi connectivity index (χ2v) is 6.32. The van der Waals surface area contributed by atoms with Gasteiger partial charge in [0.15, 0.2) is 0 Å². The van der Waals surface area contributed by atoms with Gasteiger partial charge in [-0.05, 0) is 38.0 Å². The van der Waals surface area contributed by atoms with Crippen LogP contribution in [0.1, 0.15) is 53.4 Å². The van der Waals surface area contributed by atoms with Crippen LogP contribution in [0.25, 0.3) is 0 Å². The van der Waals surface area contributed by atoms with E-state index in [1.165, 1.54) is 6.42 Å². The largest absolute Gasteiger partial charge is 0.299 e. The summed E-state index contributed by atoms with van der Waals surface area (Å²) in [5.41, 5.74) is -0.165. The van der Waals surface area contributed by atoms with Crippen molar-refractivity contribution in [3.8, 4) is 0 Å². The van der Waals surface area contributed by atoms with Crippen LogP contribution in [-0.2, 0) is 4.79 Å². The van der Waals surface area contributed by atoms with E-state index >= 15 is 0 Å². The summed E-state index contributed by atoms with van der Waals surface area (Å²) in [7, 11) is 0. The predicted octanol–water partition coefficient (Wildman–Crippen LogP) is 4.55. The smallest absolute Gasteiger partial charge is 0.139 e. The number of carbonyl (C=O) groups is 1. The fourth-order valence-corrected chi connectivity index (χ4v) is 2.46. The Labute approximate surface area is 104 Å². The molecule has 1 aliphatic carbocycles. The highest BCUT2D eigenvalue weighted by Gasteiger charge is 2.38. The van der Waals surface area contributed by atoms with Crippen LogP contribution in [0.4, 0.5) is 0 Å². The highest BCUT2D eigenvalue weighted by molar-refractivity contribution is 6.29. The first-order valence-electron chi connectivity index (χ1n) is 6.21. The van der Waals surface area contributed by atoms with Crippen LogP contribution in [0.3, 0.4) is 0 Å². The van der Waals surface area contributed by atoms with E-state index in [1.807, 2.05) is 13.0 Å². The van der Waals surface area contributed by atoms with Gasteiger partial charge in [0.05, 0.1) is 0 Å². The summed E-state index contributed by atoms with van der Waals surface area (Å²) in [4.78, 5) is 12.2. The third-order valence-electron chi connectivity index (χ3n) is 3.96. The molecule has 0 aromatic carbocycles. The van der Waals surface area contributed by atoms with Crippen LogP contribution in [0, 0.1) is 17.3 Å². The maximum Gasteiger partial charge on any atom is 0.139 e. The predicted molar refractivity (Wildman–Crippen MR) is 69.5 cm³/mol. The standard InChI is InChI=1S/C14H23ClO/c1-10(2)12-6-8-14(4,13(16)9-12)7-5-11(3)15/h5,10,12H,6-9H2,1-4H3/b11-5+/t12-,14-/m0/s1. The molecule has 1 saturated carbocycles. The minimum Gasteiger partial charge on any atom is -0.299 e. The highest BCUT2D eigenvalue weighted by Crippen LogP contribution is 2.41. The molecular formula is C14H23ClO. The Morgan fingerprint density at radius 1 is 1.62 bits per heavy atom. The maximum atomic E-state index is 12.2. The Kier molecular flexibility index (Phi) is 4.61. The monoisotopic (exact) mass is 242 g/mol. The lowest BCUT2D eigenvalue weighted by molar-refractivity contribution is -0.132. The number of allylic oxidation sites excluding steroid dienone is 2. The SMILES string of the molecule is C/C(Cl)=C\C[C@@]1(C)CC[C@H](C(C)C)CC1=O. The van der Waals surface area contributed by atoms with E-state index in [4.69, 9.17) is 11.6 Å². The second kappa shape index (κ2) is 5.35. The van der Waals surface area contributed by atoms with Gasteiger partial charge < -0.3 is 0 Å². The normalized spacial score (nSPS) is 32.2. The molecule has 0 amide bonds. The molecule has 16 heavy (non-hydrogen) atoms. The number of Topliss-reactive ketones (excluding diaryl/α,β-unsaturated/α-hetero) is 1. The number of ketones is 1. The molecule has 0 spiro atoms. The third-order valence-corrected chi connectivity index (χ3v) is 4.12. The van der Waals surface area contributed by atoms with Gasteiger partial charge in [-0.3, -0.25) is 4.79 Å². The fourth-order valence-electron chi connectivity index (χ4n) is 2.38. The van der Waals surface area contributed by atoms with E-state index in [0.29, 0.717) is 17.6 Å². The van der Waals surface area contributed by atoms with Crippen molar-refractivity contribution in [2.45, 2.75) is 53.4 Å². The number of carbonyl (C=O) groups excluding carboxylic acids is 1. The minimum atomic E-state index is -0.165. The molecule has 0 bridgehead atoms. The van der Waals surface area contributed by atoms with Gasteiger partial charge in [-0.25, -0.2) is 0 Å². The van der Waals surface area contributed by atoms with Gasteiger partial charge in [-0.1, -0.05) is 38.4 Å². The molecule has 0 unspecified atom stereocenters. The summed E-state index contributed by atoms with van der Waals surface area (Å²) in [6.45, 7) is 8.38. The Balaban J connectivity index is 2.65. The van der Waals surface area contributed by atoms with Crippen LogP contribution in [-0.4, -0.2) is 5.78 Å². The first kappa shape index (κ1) is 13.8. The van der Waals surface area contributed by atoms with E-state index in [-0.39, 0.29) is 5.41 Å². The summed E-state index contributed by atoms with van der Waals surface area (Å²) in [6, 6.07) is 0. The van der Waals surface area contributed by atoms with Gasteiger partial charge in [-0.15, -0.1) is 0 Å². The average molecular weight is 243 g/mol. The summed E-state index contributed by atoms with van der Waals surface area (Å²) in [5.74, 6) is 1.63. The average Bonchev–Trinajstić information content (AvgIpc) is 2.19. The molecule has 1 rings (SSSR count). The molecule has 2 atom stereocenters. The summed E-state index contributed by atoms with van der Waals surface area (Å²) in [5, 5.41) is 0.792. The quantitative estimate of drug-likeness (QED) is 0.710. The van der Waals surface area contributed by atoms with Crippen LogP contribution in [0.2, 0.25) is 0 Å². The van der Waals surface area contributed by atoms with E-state index in [2.05, 4.69) is 20.8 Å². The molecular weight excluding hydrogens is 220 g/mol. The summed E-state index contributed by atoms with van der Waals surface area (Å²) in [6.07, 6.45) is 5.72. The van der Waals surface area contributed by atoms with E-state index < -0.39 is 0 Å².